The Labute approximate surface area is 139 Å². The van der Waals surface area contributed by atoms with Crippen LogP contribution < -0.4 is 0 Å². The van der Waals surface area contributed by atoms with E-state index in [4.69, 9.17) is 0 Å². The first-order valence-corrected chi connectivity index (χ1v) is 8.58. The van der Waals surface area contributed by atoms with Crippen LogP contribution in [0.1, 0.15) is 17.2 Å². The van der Waals surface area contributed by atoms with Crippen LogP contribution >= 0.6 is 11.8 Å². The molecule has 0 saturated heterocycles. The van der Waals surface area contributed by atoms with Crippen LogP contribution in [0.25, 0.3) is 11.1 Å². The van der Waals surface area contributed by atoms with Crippen molar-refractivity contribution < 1.29 is 9.50 Å². The third-order valence-electron chi connectivity index (χ3n) is 3.82. The highest BCUT2D eigenvalue weighted by molar-refractivity contribution is 7.98. The Hall–Kier alpha value is -2.10. The highest BCUT2D eigenvalue weighted by Gasteiger charge is 2.15. The summed E-state index contributed by atoms with van der Waals surface area (Å²) in [5, 5.41) is 10.7. The summed E-state index contributed by atoms with van der Waals surface area (Å²) in [4.78, 5) is 1.19. The molecule has 1 N–H and O–H groups in total. The fourth-order valence-corrected chi connectivity index (χ4v) is 3.03. The van der Waals surface area contributed by atoms with Gasteiger partial charge < -0.3 is 5.11 Å². The molecule has 3 aromatic carbocycles. The number of halogens is 1. The van der Waals surface area contributed by atoms with E-state index in [9.17, 15) is 9.50 Å². The van der Waals surface area contributed by atoms with Crippen LogP contribution in [0, 0.1) is 5.82 Å². The van der Waals surface area contributed by atoms with E-state index in [1.807, 2.05) is 42.7 Å². The lowest BCUT2D eigenvalue weighted by molar-refractivity contribution is 0.220. The van der Waals surface area contributed by atoms with Gasteiger partial charge >= 0.3 is 0 Å². The quantitative estimate of drug-likeness (QED) is 0.657. The summed E-state index contributed by atoms with van der Waals surface area (Å²) in [5.74, 6) is -0.344. The van der Waals surface area contributed by atoms with Gasteiger partial charge in [-0.1, -0.05) is 48.5 Å². The number of thioether (sulfide) groups is 1. The van der Waals surface area contributed by atoms with Gasteiger partial charge in [0.05, 0.1) is 0 Å². The molecular formula is C20H17FOS. The zero-order chi connectivity index (χ0) is 16.2. The predicted molar refractivity (Wildman–Crippen MR) is 94.1 cm³/mol. The van der Waals surface area contributed by atoms with Gasteiger partial charge in [-0.15, -0.1) is 11.8 Å². The molecule has 0 amide bonds. The lowest BCUT2D eigenvalue weighted by Gasteiger charge is -2.16. The van der Waals surface area contributed by atoms with E-state index in [-0.39, 0.29) is 5.82 Å². The Kier molecular flexibility index (Phi) is 4.79. The van der Waals surface area contributed by atoms with Crippen LogP contribution in [0.15, 0.2) is 77.7 Å². The van der Waals surface area contributed by atoms with E-state index in [1.165, 1.54) is 17.0 Å². The van der Waals surface area contributed by atoms with Gasteiger partial charge in [0.2, 0.25) is 0 Å². The van der Waals surface area contributed by atoms with Crippen LogP contribution in [0.4, 0.5) is 4.39 Å². The molecular weight excluding hydrogens is 307 g/mol. The first kappa shape index (κ1) is 15.8. The smallest absolute Gasteiger partial charge is 0.123 e. The van der Waals surface area contributed by atoms with Gasteiger partial charge in [-0.3, -0.25) is 0 Å². The van der Waals surface area contributed by atoms with Crippen molar-refractivity contribution in [2.24, 2.45) is 0 Å². The highest BCUT2D eigenvalue weighted by Crippen LogP contribution is 2.32. The number of rotatable bonds is 4. The zero-order valence-corrected chi connectivity index (χ0v) is 13.6. The summed E-state index contributed by atoms with van der Waals surface area (Å²) in [6.45, 7) is 0. The number of aliphatic hydroxyl groups excluding tert-OH is 1. The van der Waals surface area contributed by atoms with Crippen molar-refractivity contribution in [2.45, 2.75) is 11.0 Å². The van der Waals surface area contributed by atoms with Gasteiger partial charge in [0.15, 0.2) is 0 Å². The average molecular weight is 324 g/mol. The molecule has 3 heteroatoms. The Morgan fingerprint density at radius 2 is 1.65 bits per heavy atom. The largest absolute Gasteiger partial charge is 0.384 e. The second kappa shape index (κ2) is 6.99. The minimum Gasteiger partial charge on any atom is -0.384 e. The average Bonchev–Trinajstić information content (AvgIpc) is 2.61. The van der Waals surface area contributed by atoms with Gasteiger partial charge in [0, 0.05) is 4.90 Å². The fourth-order valence-electron chi connectivity index (χ4n) is 2.63. The number of aliphatic hydroxyl groups is 1. The SMILES string of the molecule is CSc1ccc(-c2ccccc2[C@H](O)c2cccc(F)c2)cc1. The Balaban J connectivity index is 2.03. The maximum Gasteiger partial charge on any atom is 0.123 e. The van der Waals surface area contributed by atoms with Crippen LogP contribution in [0.2, 0.25) is 0 Å². The normalized spacial score (nSPS) is 12.1. The predicted octanol–water partition coefficient (Wildman–Crippen LogP) is 5.30. The van der Waals surface area contributed by atoms with Crippen molar-refractivity contribution in [1.82, 2.24) is 0 Å². The summed E-state index contributed by atoms with van der Waals surface area (Å²) in [6.07, 6.45) is 1.18. The molecule has 0 aliphatic heterocycles. The van der Waals surface area contributed by atoms with Crippen molar-refractivity contribution in [1.29, 1.82) is 0 Å². The monoisotopic (exact) mass is 324 g/mol. The minimum absolute atomic E-state index is 0.344. The van der Waals surface area contributed by atoms with Gasteiger partial charge in [-0.25, -0.2) is 4.39 Å². The molecule has 3 aromatic rings. The van der Waals surface area contributed by atoms with Crippen molar-refractivity contribution in [3.8, 4) is 11.1 Å². The lowest BCUT2D eigenvalue weighted by Crippen LogP contribution is -2.02. The number of benzene rings is 3. The van der Waals surface area contributed by atoms with Crippen molar-refractivity contribution in [3.05, 3.63) is 89.7 Å². The summed E-state index contributed by atoms with van der Waals surface area (Å²) in [5.41, 5.74) is 3.32. The van der Waals surface area contributed by atoms with E-state index < -0.39 is 6.10 Å². The molecule has 116 valence electrons. The molecule has 0 saturated carbocycles. The molecule has 3 rings (SSSR count). The number of hydrogen-bond acceptors (Lipinski definition) is 2. The molecule has 1 atom stereocenters. The first-order chi connectivity index (χ1) is 11.2. The maximum absolute atomic E-state index is 13.4. The lowest BCUT2D eigenvalue weighted by atomic mass is 9.93. The van der Waals surface area contributed by atoms with E-state index in [1.54, 1.807) is 23.9 Å². The molecule has 0 heterocycles. The van der Waals surface area contributed by atoms with Crippen molar-refractivity contribution in [3.63, 3.8) is 0 Å². The first-order valence-electron chi connectivity index (χ1n) is 7.36. The van der Waals surface area contributed by atoms with E-state index in [2.05, 4.69) is 12.1 Å². The van der Waals surface area contributed by atoms with E-state index in [0.29, 0.717) is 5.56 Å². The van der Waals surface area contributed by atoms with Crippen LogP contribution in [0.3, 0.4) is 0 Å². The van der Waals surface area contributed by atoms with Crippen LogP contribution in [-0.2, 0) is 0 Å². The summed E-state index contributed by atoms with van der Waals surface area (Å²) in [7, 11) is 0. The number of hydrogen-bond donors (Lipinski definition) is 1. The summed E-state index contributed by atoms with van der Waals surface area (Å²) in [6, 6.07) is 22.0. The second-order valence-electron chi connectivity index (χ2n) is 5.27. The highest BCUT2D eigenvalue weighted by atomic mass is 32.2. The van der Waals surface area contributed by atoms with Crippen molar-refractivity contribution in [2.75, 3.05) is 6.26 Å². The molecule has 0 unspecified atom stereocenters. The van der Waals surface area contributed by atoms with Gasteiger partial charge in [-0.2, -0.15) is 0 Å². The van der Waals surface area contributed by atoms with Crippen molar-refractivity contribution >= 4 is 11.8 Å². The molecule has 0 aliphatic carbocycles. The third kappa shape index (κ3) is 3.46. The van der Waals surface area contributed by atoms with Gasteiger partial charge in [0.25, 0.3) is 0 Å². The molecule has 23 heavy (non-hydrogen) atoms. The van der Waals surface area contributed by atoms with Crippen LogP contribution in [0.5, 0.6) is 0 Å². The van der Waals surface area contributed by atoms with Gasteiger partial charge in [0.1, 0.15) is 11.9 Å². The Bertz CT molecular complexity index is 799. The topological polar surface area (TPSA) is 20.2 Å². The molecule has 0 fully saturated rings. The molecule has 0 spiro atoms. The van der Waals surface area contributed by atoms with E-state index >= 15 is 0 Å². The molecule has 0 aromatic heterocycles. The summed E-state index contributed by atoms with van der Waals surface area (Å²) < 4.78 is 13.4. The molecule has 0 aliphatic rings. The fraction of sp³-hybridized carbons (Fsp3) is 0.100. The van der Waals surface area contributed by atoms with Gasteiger partial charge in [-0.05, 0) is 52.8 Å². The Morgan fingerprint density at radius 3 is 2.35 bits per heavy atom. The molecule has 0 radical (unpaired) electrons. The standard InChI is InChI=1S/C20H17FOS/c1-23-17-11-9-14(10-12-17)18-7-2-3-8-19(18)20(22)15-5-4-6-16(21)13-15/h2-13,20,22H,1H3/t20-/m1/s1. The van der Waals surface area contributed by atoms with E-state index in [0.717, 1.165) is 16.7 Å². The molecule has 1 nitrogen and oxygen atoms in total. The molecule has 0 bridgehead atoms. The second-order valence-corrected chi connectivity index (χ2v) is 6.15. The van der Waals surface area contributed by atoms with Crippen LogP contribution in [-0.4, -0.2) is 11.4 Å². The third-order valence-corrected chi connectivity index (χ3v) is 4.56. The minimum atomic E-state index is -0.859. The summed E-state index contributed by atoms with van der Waals surface area (Å²) >= 11 is 1.69. The maximum atomic E-state index is 13.4. The Morgan fingerprint density at radius 1 is 0.913 bits per heavy atom. The zero-order valence-electron chi connectivity index (χ0n) is 12.7.